The lowest BCUT2D eigenvalue weighted by Crippen LogP contribution is -1.97. The summed E-state index contributed by atoms with van der Waals surface area (Å²) in [7, 11) is 0. The van der Waals surface area contributed by atoms with E-state index < -0.39 is 0 Å². The highest BCUT2D eigenvalue weighted by Crippen LogP contribution is 2.20. The maximum absolute atomic E-state index is 5.90. The van der Waals surface area contributed by atoms with E-state index in [1.54, 1.807) is 12.3 Å². The molecule has 0 unspecified atom stereocenters. The lowest BCUT2D eigenvalue weighted by Gasteiger charge is -2.06. The summed E-state index contributed by atoms with van der Waals surface area (Å²) in [6, 6.07) is 5.55. The number of rotatable bonds is 3. The van der Waals surface area contributed by atoms with Gasteiger partial charge in [0.2, 0.25) is 0 Å². The van der Waals surface area contributed by atoms with E-state index in [0.717, 1.165) is 11.4 Å². The minimum atomic E-state index is 0.423. The largest absolute Gasteiger partial charge is 0.339 e. The lowest BCUT2D eigenvalue weighted by molar-refractivity contribution is 0.975. The predicted molar refractivity (Wildman–Crippen MR) is 71.1 cm³/mol. The summed E-state index contributed by atoms with van der Waals surface area (Å²) in [5.74, 6) is 0.667. The maximum Gasteiger partial charge on any atom is 0.190 e. The number of aryl methyl sites for hydroxylation is 1. The average molecular weight is 267 g/mol. The van der Waals surface area contributed by atoms with Gasteiger partial charge in [-0.15, -0.1) is 0 Å². The Bertz CT molecular complexity index is 515. The van der Waals surface area contributed by atoms with Crippen molar-refractivity contribution in [1.82, 2.24) is 15.0 Å². The molecule has 0 fully saturated rings. The topological polar surface area (TPSA) is 50.7 Å². The molecule has 4 nitrogen and oxygen atoms in total. The Morgan fingerprint density at radius 2 is 2.12 bits per heavy atom. The third-order valence-corrected chi connectivity index (χ3v) is 2.78. The van der Waals surface area contributed by atoms with E-state index in [-0.39, 0.29) is 0 Å². The zero-order valence-corrected chi connectivity index (χ0v) is 11.0. The SMILES string of the molecule is CSc1nc(Cl)cc(Nc2ccc(C)nc2)n1. The van der Waals surface area contributed by atoms with E-state index in [9.17, 15) is 0 Å². The van der Waals surface area contributed by atoms with Crippen molar-refractivity contribution in [2.24, 2.45) is 0 Å². The molecule has 0 aromatic carbocycles. The molecule has 0 bridgehead atoms. The minimum absolute atomic E-state index is 0.423. The van der Waals surface area contributed by atoms with Gasteiger partial charge >= 0.3 is 0 Å². The van der Waals surface area contributed by atoms with E-state index >= 15 is 0 Å². The number of nitrogens with one attached hydrogen (secondary N) is 1. The van der Waals surface area contributed by atoms with Crippen LogP contribution in [0, 0.1) is 6.92 Å². The first-order chi connectivity index (χ1) is 8.17. The number of anilines is 2. The van der Waals surface area contributed by atoms with E-state index in [0.29, 0.717) is 16.1 Å². The van der Waals surface area contributed by atoms with Gasteiger partial charge in [0.15, 0.2) is 5.16 Å². The first-order valence-electron chi connectivity index (χ1n) is 4.95. The molecule has 1 N–H and O–H groups in total. The van der Waals surface area contributed by atoms with Crippen molar-refractivity contribution >= 4 is 34.9 Å². The molecule has 0 atom stereocenters. The van der Waals surface area contributed by atoms with E-state index in [2.05, 4.69) is 20.3 Å². The first kappa shape index (κ1) is 12.1. The van der Waals surface area contributed by atoms with Gasteiger partial charge in [-0.05, 0) is 25.3 Å². The van der Waals surface area contributed by atoms with Gasteiger partial charge in [0, 0.05) is 11.8 Å². The molecule has 0 saturated carbocycles. The van der Waals surface area contributed by atoms with Crippen molar-refractivity contribution < 1.29 is 0 Å². The van der Waals surface area contributed by atoms with E-state index in [1.807, 2.05) is 25.3 Å². The minimum Gasteiger partial charge on any atom is -0.339 e. The van der Waals surface area contributed by atoms with Gasteiger partial charge in [0.05, 0.1) is 11.9 Å². The molecule has 2 aromatic heterocycles. The number of hydrogen-bond acceptors (Lipinski definition) is 5. The van der Waals surface area contributed by atoms with Crippen LogP contribution in [-0.4, -0.2) is 21.2 Å². The number of aromatic nitrogens is 3. The summed E-state index contributed by atoms with van der Waals surface area (Å²) in [5, 5.41) is 4.20. The Morgan fingerprint density at radius 3 is 2.76 bits per heavy atom. The van der Waals surface area contributed by atoms with E-state index in [4.69, 9.17) is 11.6 Å². The van der Waals surface area contributed by atoms with E-state index in [1.165, 1.54) is 11.8 Å². The molecule has 2 aromatic rings. The standard InChI is InChI=1S/C11H11ClN4S/c1-7-3-4-8(6-13-7)14-10-5-9(12)15-11(16-10)17-2/h3-6H,1-2H3,(H,14,15,16). The van der Waals surface area contributed by atoms with Crippen molar-refractivity contribution in [3.8, 4) is 0 Å². The molecule has 0 saturated heterocycles. The monoisotopic (exact) mass is 266 g/mol. The zero-order valence-electron chi connectivity index (χ0n) is 9.44. The van der Waals surface area contributed by atoms with Crippen molar-refractivity contribution in [3.05, 3.63) is 35.2 Å². The van der Waals surface area contributed by atoms with Crippen LogP contribution in [0.15, 0.2) is 29.6 Å². The van der Waals surface area contributed by atoms with Crippen LogP contribution in [0.5, 0.6) is 0 Å². The number of thioether (sulfide) groups is 1. The molecule has 17 heavy (non-hydrogen) atoms. The molecule has 0 amide bonds. The van der Waals surface area contributed by atoms with Crippen molar-refractivity contribution in [1.29, 1.82) is 0 Å². The average Bonchev–Trinajstić information content (AvgIpc) is 2.31. The Kier molecular flexibility index (Phi) is 3.81. The fourth-order valence-corrected chi connectivity index (χ4v) is 1.85. The fraction of sp³-hybridized carbons (Fsp3) is 0.182. The molecular formula is C11H11ClN4S. The van der Waals surface area contributed by atoms with Crippen LogP contribution in [0.1, 0.15) is 5.69 Å². The van der Waals surface area contributed by atoms with Gasteiger partial charge < -0.3 is 5.32 Å². The maximum atomic E-state index is 5.90. The van der Waals surface area contributed by atoms with Gasteiger partial charge in [-0.2, -0.15) is 0 Å². The molecule has 88 valence electrons. The van der Waals surface area contributed by atoms with Gasteiger partial charge in [0.25, 0.3) is 0 Å². The van der Waals surface area contributed by atoms with Gasteiger partial charge in [-0.3, -0.25) is 4.98 Å². The van der Waals surface area contributed by atoms with Gasteiger partial charge in [-0.1, -0.05) is 23.4 Å². The summed E-state index contributed by atoms with van der Waals surface area (Å²) >= 11 is 7.35. The zero-order chi connectivity index (χ0) is 12.3. The first-order valence-corrected chi connectivity index (χ1v) is 6.56. The molecule has 2 rings (SSSR count). The van der Waals surface area contributed by atoms with Crippen LogP contribution in [0.25, 0.3) is 0 Å². The molecule has 0 aliphatic heterocycles. The van der Waals surface area contributed by atoms with Crippen molar-refractivity contribution in [3.63, 3.8) is 0 Å². The summed E-state index contributed by atoms with van der Waals surface area (Å²) in [6.07, 6.45) is 3.66. The fourth-order valence-electron chi connectivity index (χ4n) is 1.24. The van der Waals surface area contributed by atoms with Crippen LogP contribution in [0.4, 0.5) is 11.5 Å². The summed E-state index contributed by atoms with van der Waals surface area (Å²) in [5.41, 5.74) is 1.85. The third kappa shape index (κ3) is 3.31. The number of pyridine rings is 1. The highest BCUT2D eigenvalue weighted by molar-refractivity contribution is 7.98. The summed E-state index contributed by atoms with van der Waals surface area (Å²) in [4.78, 5) is 12.6. The smallest absolute Gasteiger partial charge is 0.190 e. The summed E-state index contributed by atoms with van der Waals surface area (Å²) < 4.78 is 0. The molecule has 0 spiro atoms. The number of hydrogen-bond donors (Lipinski definition) is 1. The van der Waals surface area contributed by atoms with Crippen LogP contribution >= 0.6 is 23.4 Å². The second-order valence-corrected chi connectivity index (χ2v) is 4.54. The van der Waals surface area contributed by atoms with Crippen LogP contribution < -0.4 is 5.32 Å². The predicted octanol–water partition coefficient (Wildman–Crippen LogP) is 3.30. The van der Waals surface area contributed by atoms with Crippen LogP contribution in [0.3, 0.4) is 0 Å². The number of nitrogens with zero attached hydrogens (tertiary/aromatic N) is 3. The van der Waals surface area contributed by atoms with Crippen molar-refractivity contribution in [2.75, 3.05) is 11.6 Å². The number of halogens is 1. The third-order valence-electron chi connectivity index (χ3n) is 2.04. The molecular weight excluding hydrogens is 256 g/mol. The highest BCUT2D eigenvalue weighted by Gasteiger charge is 2.02. The van der Waals surface area contributed by atoms with Crippen molar-refractivity contribution in [2.45, 2.75) is 12.1 Å². The summed E-state index contributed by atoms with van der Waals surface area (Å²) in [6.45, 7) is 1.94. The second-order valence-electron chi connectivity index (χ2n) is 3.38. The molecule has 0 aliphatic rings. The van der Waals surface area contributed by atoms with Gasteiger partial charge in [0.1, 0.15) is 11.0 Å². The molecule has 2 heterocycles. The normalized spacial score (nSPS) is 10.3. The van der Waals surface area contributed by atoms with Gasteiger partial charge in [-0.25, -0.2) is 9.97 Å². The van der Waals surface area contributed by atoms with Crippen LogP contribution in [0.2, 0.25) is 5.15 Å². The Labute approximate surface area is 109 Å². The molecule has 0 aliphatic carbocycles. The highest BCUT2D eigenvalue weighted by atomic mass is 35.5. The molecule has 6 heteroatoms. The Balaban J connectivity index is 2.23. The van der Waals surface area contributed by atoms with Crippen LogP contribution in [-0.2, 0) is 0 Å². The Morgan fingerprint density at radius 1 is 1.29 bits per heavy atom. The molecule has 0 radical (unpaired) electrons. The second kappa shape index (κ2) is 5.33. The lowest BCUT2D eigenvalue weighted by atomic mass is 10.3. The Hall–Kier alpha value is -1.33. The quantitative estimate of drug-likeness (QED) is 0.525.